The predicted octanol–water partition coefficient (Wildman–Crippen LogP) is 6.88. The molecule has 5 heteroatoms. The van der Waals surface area contributed by atoms with Gasteiger partial charge in [0, 0.05) is 35.8 Å². The molecule has 192 valence electrons. The molecule has 0 saturated heterocycles. The van der Waals surface area contributed by atoms with E-state index in [1.54, 1.807) is 0 Å². The number of aliphatic hydroxyl groups excluding tert-OH is 1. The maximum atomic E-state index is 14.8. The molecule has 1 heterocycles. The van der Waals surface area contributed by atoms with Crippen molar-refractivity contribution in [2.75, 3.05) is 6.61 Å². The van der Waals surface area contributed by atoms with Crippen molar-refractivity contribution in [3.8, 4) is 16.9 Å². The van der Waals surface area contributed by atoms with Crippen molar-refractivity contribution >= 4 is 0 Å². The quantitative estimate of drug-likeness (QED) is 0.318. The molecule has 1 fully saturated rings. The highest BCUT2D eigenvalue weighted by atomic mass is 19.1. The van der Waals surface area contributed by atoms with Gasteiger partial charge in [-0.25, -0.2) is 4.39 Å². The third-order valence-electron chi connectivity index (χ3n) is 7.21. The van der Waals surface area contributed by atoms with Crippen molar-refractivity contribution in [1.29, 1.82) is 0 Å². The molecule has 0 bridgehead atoms. The first-order valence-electron chi connectivity index (χ1n) is 13.1. The summed E-state index contributed by atoms with van der Waals surface area (Å²) in [5.41, 5.74) is 5.52. The van der Waals surface area contributed by atoms with Crippen molar-refractivity contribution in [2.24, 2.45) is 5.92 Å². The van der Waals surface area contributed by atoms with Crippen LogP contribution < -0.4 is 4.74 Å². The van der Waals surface area contributed by atoms with E-state index in [2.05, 4.69) is 55.8 Å². The average molecular weight is 491 g/mol. The van der Waals surface area contributed by atoms with Gasteiger partial charge in [-0.3, -0.25) is 9.88 Å². The lowest BCUT2D eigenvalue weighted by molar-refractivity contribution is 0.166. The van der Waals surface area contributed by atoms with Crippen molar-refractivity contribution < 1.29 is 14.2 Å². The topological polar surface area (TPSA) is 45.6 Å². The molecule has 1 N–H and O–H groups in total. The Morgan fingerprint density at radius 3 is 2.44 bits per heavy atom. The number of aryl methyl sites for hydroxylation is 1. The van der Waals surface area contributed by atoms with Crippen LogP contribution in [0, 0.1) is 18.7 Å². The van der Waals surface area contributed by atoms with Crippen LogP contribution in [0.25, 0.3) is 11.1 Å². The first-order valence-corrected chi connectivity index (χ1v) is 13.1. The second-order valence-electron chi connectivity index (χ2n) is 10.6. The van der Waals surface area contributed by atoms with Gasteiger partial charge >= 0.3 is 0 Å². The first kappa shape index (κ1) is 26.3. The highest BCUT2D eigenvalue weighted by Gasteiger charge is 2.31. The summed E-state index contributed by atoms with van der Waals surface area (Å²) < 4.78 is 21.1. The normalized spacial score (nSPS) is 14.6. The van der Waals surface area contributed by atoms with Crippen LogP contribution in [0.4, 0.5) is 4.39 Å². The van der Waals surface area contributed by atoms with Gasteiger partial charge in [0.05, 0.1) is 12.8 Å². The zero-order valence-corrected chi connectivity index (χ0v) is 22.2. The summed E-state index contributed by atoms with van der Waals surface area (Å²) in [6.07, 6.45) is 3.70. The molecule has 1 aliphatic rings. The van der Waals surface area contributed by atoms with Crippen molar-refractivity contribution in [1.82, 2.24) is 9.88 Å². The standard InChI is InChI=1S/C31H39FN2O2/c1-20(2)34(21(3)4)17-26-15-27(11-12-28(26)29-13-22(5)33-16-31(29)32)36-19-23-7-6-8-25(14-23)30(18-35)24-9-10-24/h6-8,11-16,20-21,24,30,35H,9-10,17-19H2,1-5H3. The number of pyridine rings is 1. The molecule has 0 radical (unpaired) electrons. The summed E-state index contributed by atoms with van der Waals surface area (Å²) in [4.78, 5) is 6.50. The van der Waals surface area contributed by atoms with Gasteiger partial charge in [0.15, 0.2) is 0 Å². The minimum atomic E-state index is -0.318. The summed E-state index contributed by atoms with van der Waals surface area (Å²) in [5.74, 6) is 1.26. The molecular formula is C31H39FN2O2. The third-order valence-corrected chi connectivity index (χ3v) is 7.21. The van der Waals surface area contributed by atoms with Gasteiger partial charge in [-0.2, -0.15) is 0 Å². The van der Waals surface area contributed by atoms with Crippen LogP contribution in [-0.4, -0.2) is 33.7 Å². The molecule has 2 aromatic carbocycles. The summed E-state index contributed by atoms with van der Waals surface area (Å²) in [5, 5.41) is 9.86. The van der Waals surface area contributed by atoms with E-state index < -0.39 is 0 Å². The number of nitrogens with zero attached hydrogens (tertiary/aromatic N) is 2. The lowest BCUT2D eigenvalue weighted by Crippen LogP contribution is -2.36. The Kier molecular flexibility index (Phi) is 8.43. The van der Waals surface area contributed by atoms with Gasteiger partial charge in [0.25, 0.3) is 0 Å². The molecule has 1 aliphatic carbocycles. The second-order valence-corrected chi connectivity index (χ2v) is 10.6. The van der Waals surface area contributed by atoms with E-state index in [9.17, 15) is 9.50 Å². The van der Waals surface area contributed by atoms with Gasteiger partial charge in [0.1, 0.15) is 18.2 Å². The Morgan fingerprint density at radius 2 is 1.78 bits per heavy atom. The number of benzene rings is 2. The number of rotatable bonds is 11. The Morgan fingerprint density at radius 1 is 1.03 bits per heavy atom. The molecule has 1 saturated carbocycles. The maximum absolute atomic E-state index is 14.8. The van der Waals surface area contributed by atoms with E-state index in [4.69, 9.17) is 4.74 Å². The first-order chi connectivity index (χ1) is 17.3. The Hall–Kier alpha value is -2.76. The smallest absolute Gasteiger partial charge is 0.149 e. The molecule has 1 atom stereocenters. The molecule has 36 heavy (non-hydrogen) atoms. The molecule has 0 amide bonds. The largest absolute Gasteiger partial charge is 0.489 e. The van der Waals surface area contributed by atoms with Crippen LogP contribution in [0.15, 0.2) is 54.7 Å². The number of halogens is 1. The Bertz CT molecular complexity index is 1160. The fraction of sp³-hybridized carbons (Fsp3) is 0.452. The Balaban J connectivity index is 1.61. The fourth-order valence-electron chi connectivity index (χ4n) is 5.07. The van der Waals surface area contributed by atoms with Gasteiger partial charge < -0.3 is 9.84 Å². The minimum absolute atomic E-state index is 0.188. The molecule has 1 unspecified atom stereocenters. The van der Waals surface area contributed by atoms with E-state index in [1.807, 2.05) is 37.3 Å². The van der Waals surface area contributed by atoms with E-state index >= 15 is 0 Å². The molecule has 1 aromatic heterocycles. The SMILES string of the molecule is Cc1cc(-c2ccc(OCc3cccc(C(CO)C4CC4)c3)cc2CN(C(C)C)C(C)C)c(F)cn1. The Labute approximate surface area is 215 Å². The van der Waals surface area contributed by atoms with E-state index in [0.29, 0.717) is 36.7 Å². The van der Waals surface area contributed by atoms with Crippen molar-refractivity contribution in [3.63, 3.8) is 0 Å². The molecule has 4 nitrogen and oxygen atoms in total. The summed E-state index contributed by atoms with van der Waals surface area (Å²) in [6.45, 7) is 11.9. The monoisotopic (exact) mass is 490 g/mol. The summed E-state index contributed by atoms with van der Waals surface area (Å²) in [6, 6.07) is 16.8. The summed E-state index contributed by atoms with van der Waals surface area (Å²) >= 11 is 0. The average Bonchev–Trinajstić information content (AvgIpc) is 3.68. The van der Waals surface area contributed by atoms with Crippen LogP contribution in [0.5, 0.6) is 5.75 Å². The lowest BCUT2D eigenvalue weighted by Gasteiger charge is -2.31. The van der Waals surface area contributed by atoms with Crippen LogP contribution >= 0.6 is 0 Å². The fourth-order valence-corrected chi connectivity index (χ4v) is 5.07. The van der Waals surface area contributed by atoms with E-state index in [1.165, 1.54) is 24.6 Å². The highest BCUT2D eigenvalue weighted by Crippen LogP contribution is 2.42. The van der Waals surface area contributed by atoms with Crippen molar-refractivity contribution in [3.05, 3.63) is 82.9 Å². The molecular weight excluding hydrogens is 451 g/mol. The van der Waals surface area contributed by atoms with Crippen LogP contribution in [0.3, 0.4) is 0 Å². The number of hydrogen-bond acceptors (Lipinski definition) is 4. The van der Waals surface area contributed by atoms with Gasteiger partial charge in [0.2, 0.25) is 0 Å². The van der Waals surface area contributed by atoms with Crippen molar-refractivity contribution in [2.45, 2.75) is 78.6 Å². The van der Waals surface area contributed by atoms with E-state index in [0.717, 1.165) is 28.1 Å². The number of aliphatic hydroxyl groups is 1. The zero-order valence-electron chi connectivity index (χ0n) is 22.2. The van der Waals surface area contributed by atoms with E-state index in [-0.39, 0.29) is 18.3 Å². The van der Waals surface area contributed by atoms with Crippen LogP contribution in [-0.2, 0) is 13.2 Å². The second kappa shape index (κ2) is 11.5. The minimum Gasteiger partial charge on any atom is -0.489 e. The third kappa shape index (κ3) is 6.32. The summed E-state index contributed by atoms with van der Waals surface area (Å²) in [7, 11) is 0. The van der Waals surface area contributed by atoms with Crippen LogP contribution in [0.2, 0.25) is 0 Å². The van der Waals surface area contributed by atoms with Crippen LogP contribution in [0.1, 0.15) is 68.8 Å². The molecule has 0 spiro atoms. The zero-order chi connectivity index (χ0) is 25.8. The number of hydrogen-bond donors (Lipinski definition) is 1. The predicted molar refractivity (Wildman–Crippen MR) is 144 cm³/mol. The van der Waals surface area contributed by atoms with Gasteiger partial charge in [-0.05, 0) is 93.8 Å². The lowest BCUT2D eigenvalue weighted by atomic mass is 9.94. The molecule has 4 rings (SSSR count). The highest BCUT2D eigenvalue weighted by molar-refractivity contribution is 5.69. The maximum Gasteiger partial charge on any atom is 0.149 e. The van der Waals surface area contributed by atoms with Gasteiger partial charge in [-0.1, -0.05) is 30.3 Å². The van der Waals surface area contributed by atoms with Gasteiger partial charge in [-0.15, -0.1) is 0 Å². The molecule has 3 aromatic rings. The number of ether oxygens (including phenoxy) is 1. The number of aromatic nitrogens is 1. The molecule has 0 aliphatic heterocycles.